The van der Waals surface area contributed by atoms with Crippen molar-refractivity contribution in [2.75, 3.05) is 40.4 Å². The Morgan fingerprint density at radius 2 is 1.90 bits per heavy atom. The topological polar surface area (TPSA) is 33.7 Å². The Hall–Kier alpha value is -1.26. The summed E-state index contributed by atoms with van der Waals surface area (Å²) in [6, 6.07) is 6.55. The Balaban J connectivity index is 2.03. The van der Waals surface area contributed by atoms with Gasteiger partial charge in [0.1, 0.15) is 13.2 Å². The number of fused-ring (bicyclic) bond motifs is 1. The van der Waals surface area contributed by atoms with Gasteiger partial charge in [0.25, 0.3) is 0 Å². The quantitative estimate of drug-likeness (QED) is 0.838. The molecule has 4 heteroatoms. The summed E-state index contributed by atoms with van der Waals surface area (Å²) in [7, 11) is 4.20. The van der Waals surface area contributed by atoms with Gasteiger partial charge in [-0.15, -0.1) is 0 Å². The van der Waals surface area contributed by atoms with E-state index in [1.54, 1.807) is 0 Å². The first-order valence-corrected chi connectivity index (χ1v) is 7.89. The van der Waals surface area contributed by atoms with Gasteiger partial charge in [0.15, 0.2) is 11.5 Å². The summed E-state index contributed by atoms with van der Waals surface area (Å²) >= 11 is 0. The maximum Gasteiger partial charge on any atom is 0.161 e. The van der Waals surface area contributed by atoms with Gasteiger partial charge in [-0.3, -0.25) is 0 Å². The highest BCUT2D eigenvalue weighted by molar-refractivity contribution is 5.44. The first-order chi connectivity index (χ1) is 10.1. The molecule has 0 amide bonds. The SMILES string of the molecule is CCC(C)CN(C)CC(NC)c1ccc2c(c1)OCCO2. The lowest BCUT2D eigenvalue weighted by atomic mass is 10.0. The second-order valence-corrected chi connectivity index (χ2v) is 5.98. The zero-order valence-corrected chi connectivity index (χ0v) is 13.7. The van der Waals surface area contributed by atoms with E-state index in [1.807, 2.05) is 13.1 Å². The largest absolute Gasteiger partial charge is 0.486 e. The van der Waals surface area contributed by atoms with Crippen LogP contribution in [0.1, 0.15) is 31.9 Å². The summed E-state index contributed by atoms with van der Waals surface area (Å²) in [5.74, 6) is 2.45. The van der Waals surface area contributed by atoms with Gasteiger partial charge in [0.2, 0.25) is 0 Å². The fraction of sp³-hybridized carbons (Fsp3) is 0.647. The average molecular weight is 292 g/mol. The van der Waals surface area contributed by atoms with Gasteiger partial charge in [-0.1, -0.05) is 26.3 Å². The van der Waals surface area contributed by atoms with E-state index in [-0.39, 0.29) is 0 Å². The zero-order chi connectivity index (χ0) is 15.2. The van der Waals surface area contributed by atoms with Crippen molar-refractivity contribution in [3.05, 3.63) is 23.8 Å². The van der Waals surface area contributed by atoms with E-state index in [4.69, 9.17) is 9.47 Å². The van der Waals surface area contributed by atoms with Crippen molar-refractivity contribution >= 4 is 0 Å². The van der Waals surface area contributed by atoms with E-state index in [9.17, 15) is 0 Å². The standard InChI is InChI=1S/C17H28N2O2/c1-5-13(2)11-19(4)12-15(18-3)14-6-7-16-17(10-14)21-9-8-20-16/h6-7,10,13,15,18H,5,8-9,11-12H2,1-4H3. The number of nitrogens with one attached hydrogen (secondary N) is 1. The molecule has 1 aromatic rings. The molecule has 0 bridgehead atoms. The van der Waals surface area contributed by atoms with Crippen LogP contribution in [0.3, 0.4) is 0 Å². The summed E-state index contributed by atoms with van der Waals surface area (Å²) in [4.78, 5) is 2.39. The first kappa shape index (κ1) is 16.1. The lowest BCUT2D eigenvalue weighted by Crippen LogP contribution is -2.33. The molecule has 0 aliphatic carbocycles. The van der Waals surface area contributed by atoms with E-state index in [1.165, 1.54) is 12.0 Å². The van der Waals surface area contributed by atoms with Crippen LogP contribution in [-0.2, 0) is 0 Å². The van der Waals surface area contributed by atoms with Gasteiger partial charge in [0, 0.05) is 19.1 Å². The molecule has 1 aliphatic heterocycles. The molecule has 0 saturated carbocycles. The van der Waals surface area contributed by atoms with Gasteiger partial charge in [-0.2, -0.15) is 0 Å². The summed E-state index contributed by atoms with van der Waals surface area (Å²) in [5.41, 5.74) is 1.25. The van der Waals surface area contributed by atoms with Crippen LogP contribution in [0.4, 0.5) is 0 Å². The fourth-order valence-electron chi connectivity index (χ4n) is 2.69. The van der Waals surface area contributed by atoms with Crippen LogP contribution in [0.25, 0.3) is 0 Å². The third-order valence-electron chi connectivity index (χ3n) is 4.13. The van der Waals surface area contributed by atoms with E-state index >= 15 is 0 Å². The maximum atomic E-state index is 5.68. The van der Waals surface area contributed by atoms with Crippen molar-refractivity contribution in [1.82, 2.24) is 10.2 Å². The van der Waals surface area contributed by atoms with Crippen molar-refractivity contribution in [2.45, 2.75) is 26.3 Å². The van der Waals surface area contributed by atoms with Gasteiger partial charge >= 0.3 is 0 Å². The van der Waals surface area contributed by atoms with E-state index in [0.717, 1.165) is 30.5 Å². The number of benzene rings is 1. The molecule has 118 valence electrons. The van der Waals surface area contributed by atoms with Gasteiger partial charge in [0.05, 0.1) is 0 Å². The molecule has 1 heterocycles. The molecule has 0 saturated heterocycles. The van der Waals surface area contributed by atoms with E-state index in [0.29, 0.717) is 19.3 Å². The maximum absolute atomic E-state index is 5.68. The first-order valence-electron chi connectivity index (χ1n) is 7.89. The van der Waals surface area contributed by atoms with Crippen molar-refractivity contribution in [2.24, 2.45) is 5.92 Å². The van der Waals surface area contributed by atoms with Crippen LogP contribution < -0.4 is 14.8 Å². The smallest absolute Gasteiger partial charge is 0.161 e. The molecule has 0 fully saturated rings. The Labute approximate surface area is 128 Å². The molecule has 1 aromatic carbocycles. The second kappa shape index (κ2) is 7.66. The highest BCUT2D eigenvalue weighted by atomic mass is 16.6. The molecule has 21 heavy (non-hydrogen) atoms. The van der Waals surface area contributed by atoms with Crippen LogP contribution in [0.2, 0.25) is 0 Å². The van der Waals surface area contributed by atoms with Gasteiger partial charge < -0.3 is 19.7 Å². The predicted octanol–water partition coefficient (Wildman–Crippen LogP) is 2.70. The van der Waals surface area contributed by atoms with Crippen LogP contribution in [0.15, 0.2) is 18.2 Å². The van der Waals surface area contributed by atoms with Crippen LogP contribution in [0.5, 0.6) is 11.5 Å². The Bertz CT molecular complexity index is 450. The van der Waals surface area contributed by atoms with Crippen LogP contribution in [0, 0.1) is 5.92 Å². The predicted molar refractivity (Wildman–Crippen MR) is 86.2 cm³/mol. The highest BCUT2D eigenvalue weighted by Crippen LogP contribution is 2.32. The second-order valence-electron chi connectivity index (χ2n) is 5.98. The van der Waals surface area contributed by atoms with Gasteiger partial charge in [-0.25, -0.2) is 0 Å². The number of ether oxygens (including phenoxy) is 2. The zero-order valence-electron chi connectivity index (χ0n) is 13.7. The molecule has 0 aromatic heterocycles. The molecule has 1 N–H and O–H groups in total. The fourth-order valence-corrected chi connectivity index (χ4v) is 2.69. The van der Waals surface area contributed by atoms with Crippen molar-refractivity contribution in [1.29, 1.82) is 0 Å². The third kappa shape index (κ3) is 4.35. The van der Waals surface area contributed by atoms with Crippen molar-refractivity contribution in [3.8, 4) is 11.5 Å². The molecule has 4 nitrogen and oxygen atoms in total. The van der Waals surface area contributed by atoms with Gasteiger partial charge in [-0.05, 0) is 37.7 Å². The van der Waals surface area contributed by atoms with E-state index < -0.39 is 0 Å². The Kier molecular flexibility index (Phi) is 5.88. The minimum Gasteiger partial charge on any atom is -0.486 e. The molecule has 2 atom stereocenters. The summed E-state index contributed by atoms with van der Waals surface area (Å²) in [5, 5.41) is 3.41. The van der Waals surface area contributed by atoms with Crippen LogP contribution in [-0.4, -0.2) is 45.3 Å². The minimum absolute atomic E-state index is 0.301. The number of hydrogen-bond donors (Lipinski definition) is 1. The lowest BCUT2D eigenvalue weighted by molar-refractivity contribution is 0.171. The van der Waals surface area contributed by atoms with Crippen LogP contribution >= 0.6 is 0 Å². The molecule has 0 spiro atoms. The Morgan fingerprint density at radius 3 is 2.57 bits per heavy atom. The van der Waals surface area contributed by atoms with E-state index in [2.05, 4.69) is 43.2 Å². The number of nitrogens with zero attached hydrogens (tertiary/aromatic N) is 1. The lowest BCUT2D eigenvalue weighted by Gasteiger charge is -2.27. The minimum atomic E-state index is 0.301. The summed E-state index contributed by atoms with van der Waals surface area (Å²) in [6.07, 6.45) is 1.22. The molecule has 2 rings (SSSR count). The third-order valence-corrected chi connectivity index (χ3v) is 4.13. The molecular weight excluding hydrogens is 264 g/mol. The highest BCUT2D eigenvalue weighted by Gasteiger charge is 2.17. The monoisotopic (exact) mass is 292 g/mol. The van der Waals surface area contributed by atoms with Crippen molar-refractivity contribution in [3.63, 3.8) is 0 Å². The average Bonchev–Trinajstić information content (AvgIpc) is 2.52. The molecular formula is C17H28N2O2. The summed E-state index contributed by atoms with van der Waals surface area (Å²) in [6.45, 7) is 7.93. The normalized spacial score (nSPS) is 16.8. The molecule has 2 unspecified atom stereocenters. The Morgan fingerprint density at radius 1 is 1.19 bits per heavy atom. The molecule has 0 radical (unpaired) electrons. The number of rotatable bonds is 7. The number of hydrogen-bond acceptors (Lipinski definition) is 4. The summed E-state index contributed by atoms with van der Waals surface area (Å²) < 4.78 is 11.3. The molecule has 1 aliphatic rings. The van der Waals surface area contributed by atoms with Crippen molar-refractivity contribution < 1.29 is 9.47 Å². The number of likely N-dealkylation sites (N-methyl/N-ethyl adjacent to an activating group) is 2.